The molecule has 0 aromatic heterocycles. The lowest BCUT2D eigenvalue weighted by Gasteiger charge is -2.33. The molecule has 3 aromatic rings. The van der Waals surface area contributed by atoms with Crippen LogP contribution in [0.3, 0.4) is 0 Å². The van der Waals surface area contributed by atoms with Gasteiger partial charge in [-0.1, -0.05) is 68.4 Å². The summed E-state index contributed by atoms with van der Waals surface area (Å²) in [5.41, 5.74) is 5.15. The van der Waals surface area contributed by atoms with Crippen LogP contribution in [0.2, 0.25) is 0 Å². The average Bonchev–Trinajstić information content (AvgIpc) is 2.93. The number of carbonyl (C=O) groups is 2. The van der Waals surface area contributed by atoms with Crippen molar-refractivity contribution in [2.24, 2.45) is 5.92 Å². The largest absolute Gasteiger partial charge is 0.486 e. The van der Waals surface area contributed by atoms with Gasteiger partial charge in [0, 0.05) is 30.1 Å². The second kappa shape index (κ2) is 12.9. The number of hydrogen-bond acceptors (Lipinski definition) is 4. The Morgan fingerprint density at radius 3 is 2.39 bits per heavy atom. The van der Waals surface area contributed by atoms with E-state index in [2.05, 4.69) is 40.5 Å². The van der Waals surface area contributed by atoms with Gasteiger partial charge in [-0.05, 0) is 80.6 Å². The molecule has 1 saturated heterocycles. The van der Waals surface area contributed by atoms with E-state index in [1.54, 1.807) is 6.92 Å². The van der Waals surface area contributed by atoms with E-state index in [1.165, 1.54) is 5.56 Å². The number of likely N-dealkylation sites (tertiary alicyclic amines) is 1. The molecule has 1 amide bonds. The van der Waals surface area contributed by atoms with Crippen molar-refractivity contribution in [1.29, 1.82) is 0 Å². The van der Waals surface area contributed by atoms with Crippen LogP contribution < -0.4 is 10.1 Å². The molecule has 0 unspecified atom stereocenters. The van der Waals surface area contributed by atoms with Gasteiger partial charge in [0.1, 0.15) is 11.9 Å². The molecular weight excluding hydrogens is 472 g/mol. The molecule has 1 N–H and O–H groups in total. The number of Topliss-reactive ketones (excluding diaryl/α,β-unsaturated/α-hetero) is 1. The summed E-state index contributed by atoms with van der Waals surface area (Å²) in [6.45, 7) is 10.5. The number of nitrogens with zero attached hydrogens (tertiary/aromatic N) is 1. The van der Waals surface area contributed by atoms with Crippen molar-refractivity contribution in [3.05, 3.63) is 95.1 Å². The summed E-state index contributed by atoms with van der Waals surface area (Å²) in [5, 5.41) is 3.09. The van der Waals surface area contributed by atoms with Gasteiger partial charge in [0.15, 0.2) is 5.78 Å². The van der Waals surface area contributed by atoms with Crippen molar-refractivity contribution in [3.63, 3.8) is 0 Å². The maximum Gasteiger partial charge on any atom is 0.226 e. The van der Waals surface area contributed by atoms with Gasteiger partial charge in [0.25, 0.3) is 0 Å². The number of carbonyl (C=O) groups excluding carboxylic acids is 2. The minimum atomic E-state index is -0.0830. The van der Waals surface area contributed by atoms with Crippen LogP contribution in [-0.2, 0) is 4.79 Å². The molecule has 200 valence electrons. The smallest absolute Gasteiger partial charge is 0.226 e. The Balaban J connectivity index is 1.37. The highest BCUT2D eigenvalue weighted by Gasteiger charge is 2.23. The maximum absolute atomic E-state index is 12.2. The number of amides is 1. The predicted molar refractivity (Wildman–Crippen MR) is 154 cm³/mol. The molecular formula is C33H40N2O3. The normalized spacial score (nSPS) is 15.3. The van der Waals surface area contributed by atoms with E-state index in [0.29, 0.717) is 11.5 Å². The van der Waals surface area contributed by atoms with E-state index in [4.69, 9.17) is 4.74 Å². The molecule has 1 aliphatic rings. The first-order valence-corrected chi connectivity index (χ1v) is 13.8. The third-order valence-electron chi connectivity index (χ3n) is 7.50. The Bertz CT molecular complexity index is 1230. The first-order chi connectivity index (χ1) is 18.3. The van der Waals surface area contributed by atoms with Gasteiger partial charge in [0.05, 0.1) is 0 Å². The summed E-state index contributed by atoms with van der Waals surface area (Å²) in [5.74, 6) is 1.28. The summed E-state index contributed by atoms with van der Waals surface area (Å²) in [7, 11) is 0. The van der Waals surface area contributed by atoms with Crippen molar-refractivity contribution in [3.8, 4) is 5.75 Å². The zero-order chi connectivity index (χ0) is 27.1. The molecule has 5 nitrogen and oxygen atoms in total. The van der Waals surface area contributed by atoms with Gasteiger partial charge in [-0.25, -0.2) is 0 Å². The van der Waals surface area contributed by atoms with Gasteiger partial charge >= 0.3 is 0 Å². The van der Waals surface area contributed by atoms with Crippen LogP contribution in [0.15, 0.2) is 72.8 Å². The minimum absolute atomic E-state index is 0.0388. The molecule has 1 fully saturated rings. The van der Waals surface area contributed by atoms with E-state index in [1.807, 2.05) is 63.2 Å². The van der Waals surface area contributed by atoms with Gasteiger partial charge in [0.2, 0.25) is 5.91 Å². The first kappa shape index (κ1) is 27.6. The fourth-order valence-corrected chi connectivity index (χ4v) is 5.01. The van der Waals surface area contributed by atoms with E-state index >= 15 is 0 Å². The number of hydrogen-bond donors (Lipinski definition) is 1. The Morgan fingerprint density at radius 1 is 0.974 bits per heavy atom. The number of anilines is 1. The van der Waals surface area contributed by atoms with Crippen molar-refractivity contribution >= 4 is 17.4 Å². The molecule has 38 heavy (non-hydrogen) atoms. The lowest BCUT2D eigenvalue weighted by Crippen LogP contribution is -2.34. The topological polar surface area (TPSA) is 58.6 Å². The van der Waals surface area contributed by atoms with Crippen molar-refractivity contribution < 1.29 is 14.3 Å². The molecule has 4 rings (SSSR count). The molecule has 0 bridgehead atoms. The van der Waals surface area contributed by atoms with Crippen LogP contribution in [0.1, 0.15) is 79.1 Å². The Morgan fingerprint density at radius 2 is 1.71 bits per heavy atom. The molecule has 0 radical (unpaired) electrons. The fraction of sp³-hybridized carbons (Fsp3) is 0.394. The zero-order valence-electron chi connectivity index (χ0n) is 23.1. The summed E-state index contributed by atoms with van der Waals surface area (Å²) in [6.07, 6.45) is 2.98. The SMILES string of the molecule is CC(=O)c1cccc(O[C@@H](CCN2CCC(c3ccc(C)c(NC(=O)C(C)C)c3)CC2)c2ccccc2)c1. The summed E-state index contributed by atoms with van der Waals surface area (Å²) >= 11 is 0. The Kier molecular flexibility index (Phi) is 9.35. The van der Waals surface area contributed by atoms with Crippen molar-refractivity contribution in [2.75, 3.05) is 25.0 Å². The molecule has 0 aliphatic carbocycles. The van der Waals surface area contributed by atoms with Gasteiger partial charge in [-0.15, -0.1) is 0 Å². The Hall–Kier alpha value is -3.44. The number of ether oxygens (including phenoxy) is 1. The lowest BCUT2D eigenvalue weighted by molar-refractivity contribution is -0.118. The second-order valence-electron chi connectivity index (χ2n) is 10.7. The van der Waals surface area contributed by atoms with Crippen LogP contribution >= 0.6 is 0 Å². The van der Waals surface area contributed by atoms with Crippen molar-refractivity contribution in [1.82, 2.24) is 4.90 Å². The molecule has 0 saturated carbocycles. The third kappa shape index (κ3) is 7.32. The van der Waals surface area contributed by atoms with Crippen molar-refractivity contribution in [2.45, 2.75) is 59.0 Å². The van der Waals surface area contributed by atoms with Crippen LogP contribution in [0.25, 0.3) is 0 Å². The summed E-state index contributed by atoms with van der Waals surface area (Å²) in [4.78, 5) is 26.6. The highest BCUT2D eigenvalue weighted by molar-refractivity contribution is 5.94. The minimum Gasteiger partial charge on any atom is -0.486 e. The summed E-state index contributed by atoms with van der Waals surface area (Å²) < 4.78 is 6.43. The fourth-order valence-electron chi connectivity index (χ4n) is 5.01. The van der Waals surface area contributed by atoms with Gasteiger partial charge in [-0.2, -0.15) is 0 Å². The standard InChI is InChI=1S/C33H40N2O3/c1-23(2)33(37)34-31-22-29(14-13-24(31)3)26-15-18-35(19-16-26)20-17-32(27-9-6-5-7-10-27)38-30-12-8-11-28(21-30)25(4)36/h5-14,21-23,26,32H,15-20H2,1-4H3,(H,34,37)/t32-/m0/s1. The number of rotatable bonds is 10. The first-order valence-electron chi connectivity index (χ1n) is 13.8. The monoisotopic (exact) mass is 512 g/mol. The third-order valence-corrected chi connectivity index (χ3v) is 7.50. The lowest BCUT2D eigenvalue weighted by atomic mass is 9.88. The molecule has 0 spiro atoms. The highest BCUT2D eigenvalue weighted by Crippen LogP contribution is 2.32. The van der Waals surface area contributed by atoms with Crippen LogP contribution in [0.5, 0.6) is 5.75 Å². The van der Waals surface area contributed by atoms with Gasteiger partial charge < -0.3 is 15.0 Å². The Labute approximate surface area is 227 Å². The number of benzene rings is 3. The van der Waals surface area contributed by atoms with E-state index in [9.17, 15) is 9.59 Å². The van der Waals surface area contributed by atoms with E-state index in [-0.39, 0.29) is 23.7 Å². The molecule has 1 heterocycles. The van der Waals surface area contributed by atoms with E-state index in [0.717, 1.165) is 61.5 Å². The van der Waals surface area contributed by atoms with Crippen LogP contribution in [-0.4, -0.2) is 36.2 Å². The second-order valence-corrected chi connectivity index (χ2v) is 10.7. The predicted octanol–water partition coefficient (Wildman–Crippen LogP) is 7.18. The molecule has 3 aromatic carbocycles. The van der Waals surface area contributed by atoms with Crippen LogP contribution in [0.4, 0.5) is 5.69 Å². The highest BCUT2D eigenvalue weighted by atomic mass is 16.5. The van der Waals surface area contributed by atoms with E-state index < -0.39 is 0 Å². The van der Waals surface area contributed by atoms with Crippen LogP contribution in [0, 0.1) is 12.8 Å². The number of nitrogens with one attached hydrogen (secondary N) is 1. The molecule has 1 aliphatic heterocycles. The average molecular weight is 513 g/mol. The maximum atomic E-state index is 12.2. The molecule has 5 heteroatoms. The zero-order valence-corrected chi connectivity index (χ0v) is 23.1. The number of aryl methyl sites for hydroxylation is 1. The van der Waals surface area contributed by atoms with Gasteiger partial charge in [-0.3, -0.25) is 9.59 Å². The number of piperidine rings is 1. The number of ketones is 1. The summed E-state index contributed by atoms with van der Waals surface area (Å²) in [6, 6.07) is 24.3. The quantitative estimate of drug-likeness (QED) is 0.292. The molecule has 1 atom stereocenters.